The molecule has 4 nitrogen and oxygen atoms in total. The van der Waals surface area contributed by atoms with Gasteiger partial charge in [0.15, 0.2) is 0 Å². The molecule has 1 aromatic rings. The topological polar surface area (TPSA) is 55.0 Å². The Hall–Kier alpha value is -1.23. The van der Waals surface area contributed by atoms with Crippen molar-refractivity contribution in [1.82, 2.24) is 9.97 Å². The van der Waals surface area contributed by atoms with Gasteiger partial charge < -0.3 is 10.6 Å². The van der Waals surface area contributed by atoms with E-state index in [0.29, 0.717) is 11.0 Å². The van der Waals surface area contributed by atoms with E-state index in [4.69, 9.17) is 18.0 Å². The lowest BCUT2D eigenvalue weighted by molar-refractivity contribution is 0.609. The Bertz CT molecular complexity index is 405. The number of aromatic nitrogens is 2. The lowest BCUT2D eigenvalue weighted by Gasteiger charge is -2.27. The molecule has 17 heavy (non-hydrogen) atoms. The van der Waals surface area contributed by atoms with Crippen LogP contribution in [0.1, 0.15) is 38.1 Å². The highest BCUT2D eigenvalue weighted by Gasteiger charge is 2.16. The first kappa shape index (κ1) is 13.8. The molecule has 0 aromatic carbocycles. The van der Waals surface area contributed by atoms with Gasteiger partial charge in [0.1, 0.15) is 16.6 Å². The number of anilines is 1. The SMILES string of the molecule is CCCC(C)N(C)c1nc(C)ncc1C(N)=S. The summed E-state index contributed by atoms with van der Waals surface area (Å²) in [4.78, 5) is 11.0. The van der Waals surface area contributed by atoms with Crippen LogP contribution in [0.15, 0.2) is 6.20 Å². The van der Waals surface area contributed by atoms with Crippen LogP contribution in [0.5, 0.6) is 0 Å². The number of hydrogen-bond donors (Lipinski definition) is 1. The predicted octanol–water partition coefficient (Wildman–Crippen LogP) is 2.04. The highest BCUT2D eigenvalue weighted by atomic mass is 32.1. The Morgan fingerprint density at radius 3 is 2.76 bits per heavy atom. The third kappa shape index (κ3) is 3.36. The third-order valence-electron chi connectivity index (χ3n) is 2.86. The van der Waals surface area contributed by atoms with E-state index in [1.165, 1.54) is 0 Å². The minimum atomic E-state index is 0.343. The fourth-order valence-electron chi connectivity index (χ4n) is 1.72. The molecule has 0 spiro atoms. The van der Waals surface area contributed by atoms with Crippen LogP contribution in [0.3, 0.4) is 0 Å². The molecule has 1 rings (SSSR count). The summed E-state index contributed by atoms with van der Waals surface area (Å²) in [6.07, 6.45) is 3.95. The minimum Gasteiger partial charge on any atom is -0.389 e. The number of aryl methyl sites for hydroxylation is 1. The van der Waals surface area contributed by atoms with Gasteiger partial charge in [-0.15, -0.1) is 0 Å². The van der Waals surface area contributed by atoms with Crippen molar-refractivity contribution in [2.75, 3.05) is 11.9 Å². The summed E-state index contributed by atoms with van der Waals surface area (Å²) in [7, 11) is 2.02. The van der Waals surface area contributed by atoms with E-state index in [1.54, 1.807) is 6.20 Å². The maximum absolute atomic E-state index is 5.70. The fourth-order valence-corrected chi connectivity index (χ4v) is 1.86. The van der Waals surface area contributed by atoms with Crippen molar-refractivity contribution in [2.45, 2.75) is 39.7 Å². The summed E-state index contributed by atoms with van der Waals surface area (Å²) in [5.41, 5.74) is 6.45. The molecule has 1 aromatic heterocycles. The monoisotopic (exact) mass is 252 g/mol. The molecule has 0 saturated carbocycles. The van der Waals surface area contributed by atoms with Crippen LogP contribution in [0.4, 0.5) is 5.82 Å². The van der Waals surface area contributed by atoms with Gasteiger partial charge in [-0.3, -0.25) is 0 Å². The van der Waals surface area contributed by atoms with Gasteiger partial charge >= 0.3 is 0 Å². The highest BCUT2D eigenvalue weighted by molar-refractivity contribution is 7.80. The van der Waals surface area contributed by atoms with E-state index in [2.05, 4.69) is 28.7 Å². The summed E-state index contributed by atoms with van der Waals surface area (Å²) >= 11 is 5.03. The van der Waals surface area contributed by atoms with Crippen molar-refractivity contribution in [2.24, 2.45) is 5.73 Å². The van der Waals surface area contributed by atoms with Crippen LogP contribution in [0, 0.1) is 6.92 Å². The van der Waals surface area contributed by atoms with Crippen molar-refractivity contribution < 1.29 is 0 Å². The summed E-state index contributed by atoms with van der Waals surface area (Å²) < 4.78 is 0. The van der Waals surface area contributed by atoms with Gasteiger partial charge in [-0.25, -0.2) is 9.97 Å². The van der Waals surface area contributed by atoms with Gasteiger partial charge in [0, 0.05) is 19.3 Å². The number of rotatable bonds is 5. The lowest BCUT2D eigenvalue weighted by Crippen LogP contribution is -2.32. The lowest BCUT2D eigenvalue weighted by atomic mass is 10.1. The van der Waals surface area contributed by atoms with Crippen molar-refractivity contribution in [3.63, 3.8) is 0 Å². The number of hydrogen-bond acceptors (Lipinski definition) is 4. The van der Waals surface area contributed by atoms with Crippen molar-refractivity contribution in [3.8, 4) is 0 Å². The Balaban J connectivity index is 3.10. The van der Waals surface area contributed by atoms with Crippen molar-refractivity contribution >= 4 is 23.0 Å². The summed E-state index contributed by atoms with van der Waals surface area (Å²) in [6, 6.07) is 0.405. The van der Waals surface area contributed by atoms with Gasteiger partial charge in [-0.1, -0.05) is 25.6 Å². The smallest absolute Gasteiger partial charge is 0.142 e. The van der Waals surface area contributed by atoms with Crippen molar-refractivity contribution in [1.29, 1.82) is 0 Å². The molecule has 1 atom stereocenters. The quantitative estimate of drug-likeness (QED) is 0.813. The molecule has 1 unspecified atom stereocenters. The summed E-state index contributed by atoms with van der Waals surface area (Å²) in [6.45, 7) is 6.21. The van der Waals surface area contributed by atoms with E-state index >= 15 is 0 Å². The molecule has 0 aliphatic carbocycles. The van der Waals surface area contributed by atoms with E-state index in [0.717, 1.165) is 30.0 Å². The van der Waals surface area contributed by atoms with Gasteiger partial charge in [-0.05, 0) is 20.3 Å². The molecule has 0 fully saturated rings. The van der Waals surface area contributed by atoms with E-state index in [1.807, 2.05) is 14.0 Å². The summed E-state index contributed by atoms with van der Waals surface area (Å²) in [5.74, 6) is 1.56. The predicted molar refractivity (Wildman–Crippen MR) is 75.4 cm³/mol. The molecule has 5 heteroatoms. The normalized spacial score (nSPS) is 12.2. The van der Waals surface area contributed by atoms with Crippen LogP contribution < -0.4 is 10.6 Å². The average Bonchev–Trinajstić information content (AvgIpc) is 2.27. The van der Waals surface area contributed by atoms with E-state index < -0.39 is 0 Å². The number of nitrogens with zero attached hydrogens (tertiary/aromatic N) is 3. The molecule has 0 amide bonds. The van der Waals surface area contributed by atoms with Crippen LogP contribution in [0.2, 0.25) is 0 Å². The molecule has 94 valence electrons. The Labute approximate surface area is 108 Å². The van der Waals surface area contributed by atoms with Crippen LogP contribution >= 0.6 is 12.2 Å². The number of thiocarbonyl (C=S) groups is 1. The van der Waals surface area contributed by atoms with Gasteiger partial charge in [0.2, 0.25) is 0 Å². The van der Waals surface area contributed by atoms with E-state index in [9.17, 15) is 0 Å². The molecule has 0 bridgehead atoms. The molecular formula is C12H20N4S. The maximum Gasteiger partial charge on any atom is 0.142 e. The molecule has 1 heterocycles. The average molecular weight is 252 g/mol. The molecular weight excluding hydrogens is 232 g/mol. The third-order valence-corrected chi connectivity index (χ3v) is 3.08. The second-order valence-corrected chi connectivity index (χ2v) is 4.71. The first-order valence-electron chi connectivity index (χ1n) is 5.83. The largest absolute Gasteiger partial charge is 0.389 e. The van der Waals surface area contributed by atoms with Crippen LogP contribution in [0.25, 0.3) is 0 Å². The zero-order chi connectivity index (χ0) is 13.0. The molecule has 0 saturated heterocycles. The molecule has 0 aliphatic rings. The Morgan fingerprint density at radius 2 is 2.24 bits per heavy atom. The second-order valence-electron chi connectivity index (χ2n) is 4.27. The van der Waals surface area contributed by atoms with Gasteiger partial charge in [0.25, 0.3) is 0 Å². The highest BCUT2D eigenvalue weighted by Crippen LogP contribution is 2.19. The van der Waals surface area contributed by atoms with E-state index in [-0.39, 0.29) is 0 Å². The molecule has 2 N–H and O–H groups in total. The van der Waals surface area contributed by atoms with Crippen molar-refractivity contribution in [3.05, 3.63) is 17.6 Å². The zero-order valence-corrected chi connectivity index (χ0v) is 11.7. The fraction of sp³-hybridized carbons (Fsp3) is 0.583. The minimum absolute atomic E-state index is 0.343. The van der Waals surface area contributed by atoms with Gasteiger partial charge in [-0.2, -0.15) is 0 Å². The second kappa shape index (κ2) is 5.91. The Kier molecular flexibility index (Phi) is 4.81. The van der Waals surface area contributed by atoms with Crippen LogP contribution in [-0.2, 0) is 0 Å². The maximum atomic E-state index is 5.70. The first-order valence-corrected chi connectivity index (χ1v) is 6.24. The molecule has 0 radical (unpaired) electrons. The van der Waals surface area contributed by atoms with Gasteiger partial charge in [0.05, 0.1) is 5.56 Å². The van der Waals surface area contributed by atoms with Crippen LogP contribution in [-0.4, -0.2) is 28.0 Å². The molecule has 0 aliphatic heterocycles. The Morgan fingerprint density at radius 1 is 1.59 bits per heavy atom. The number of nitrogens with two attached hydrogens (primary N) is 1. The summed E-state index contributed by atoms with van der Waals surface area (Å²) in [5, 5.41) is 0. The zero-order valence-electron chi connectivity index (χ0n) is 10.9. The first-order chi connectivity index (χ1) is 7.97. The standard InChI is InChI=1S/C12H20N4S/c1-5-6-8(2)16(4)12-10(11(13)17)7-14-9(3)15-12/h7-8H,5-6H2,1-4H3,(H2,13,17).